The van der Waals surface area contributed by atoms with Crippen molar-refractivity contribution >= 4 is 11.6 Å². The number of rotatable bonds is 7. The van der Waals surface area contributed by atoms with Gasteiger partial charge in [0, 0.05) is 11.6 Å². The lowest BCUT2D eigenvalue weighted by Gasteiger charge is -2.26. The van der Waals surface area contributed by atoms with E-state index < -0.39 is 0 Å². The molecule has 4 heteroatoms. The van der Waals surface area contributed by atoms with E-state index in [4.69, 9.17) is 22.2 Å². The summed E-state index contributed by atoms with van der Waals surface area (Å²) in [5, 5.41) is 0.766. The van der Waals surface area contributed by atoms with Crippen LogP contribution in [0.5, 0.6) is 0 Å². The van der Waals surface area contributed by atoms with Gasteiger partial charge in [0.1, 0.15) is 0 Å². The van der Waals surface area contributed by atoms with Gasteiger partial charge in [-0.2, -0.15) is 0 Å². The first-order valence-electron chi connectivity index (χ1n) is 6.56. The van der Waals surface area contributed by atoms with E-state index in [2.05, 4.69) is 11.5 Å². The molecule has 3 N–H and O–H groups in total. The average Bonchev–Trinajstić information content (AvgIpc) is 3.18. The second-order valence-corrected chi connectivity index (χ2v) is 5.30. The van der Waals surface area contributed by atoms with E-state index in [0.29, 0.717) is 5.92 Å². The number of ether oxygens (including phenoxy) is 1. The molecule has 2 atom stereocenters. The molecule has 1 aliphatic carbocycles. The summed E-state index contributed by atoms with van der Waals surface area (Å²) in [7, 11) is 0. The highest BCUT2D eigenvalue weighted by Gasteiger charge is 2.36. The van der Waals surface area contributed by atoms with E-state index in [1.165, 1.54) is 18.4 Å². The third kappa shape index (κ3) is 3.69. The number of nitrogens with one attached hydrogen (secondary N) is 1. The fourth-order valence-electron chi connectivity index (χ4n) is 2.39. The van der Waals surface area contributed by atoms with Crippen LogP contribution in [0.15, 0.2) is 24.3 Å². The summed E-state index contributed by atoms with van der Waals surface area (Å²) in [4.78, 5) is 0. The summed E-state index contributed by atoms with van der Waals surface area (Å²) in [5.41, 5.74) is 4.10. The molecule has 0 aromatic heterocycles. The van der Waals surface area contributed by atoms with E-state index >= 15 is 0 Å². The quantitative estimate of drug-likeness (QED) is 0.590. The zero-order chi connectivity index (χ0) is 13.0. The van der Waals surface area contributed by atoms with Crippen molar-refractivity contribution in [3.8, 4) is 0 Å². The van der Waals surface area contributed by atoms with Gasteiger partial charge < -0.3 is 4.74 Å². The molecule has 18 heavy (non-hydrogen) atoms. The minimum absolute atomic E-state index is 0.149. The average molecular weight is 269 g/mol. The van der Waals surface area contributed by atoms with E-state index in [9.17, 15) is 0 Å². The van der Waals surface area contributed by atoms with E-state index in [0.717, 1.165) is 18.1 Å². The van der Waals surface area contributed by atoms with Crippen molar-refractivity contribution < 1.29 is 4.74 Å². The van der Waals surface area contributed by atoms with E-state index in [-0.39, 0.29) is 12.1 Å². The molecule has 1 saturated carbocycles. The van der Waals surface area contributed by atoms with Crippen molar-refractivity contribution in [2.75, 3.05) is 6.61 Å². The number of hydrazine groups is 1. The smallest absolute Gasteiger partial charge is 0.0772 e. The summed E-state index contributed by atoms with van der Waals surface area (Å²) in [5.74, 6) is 6.35. The summed E-state index contributed by atoms with van der Waals surface area (Å²) in [6, 6.07) is 8.07. The molecule has 2 unspecified atom stereocenters. The summed E-state index contributed by atoms with van der Waals surface area (Å²) in [6.07, 6.45) is 3.55. The van der Waals surface area contributed by atoms with Crippen LogP contribution in [0.4, 0.5) is 0 Å². The SMILES string of the molecule is CCOC(C1CC1)C(Cc1cccc(Cl)c1)NN. The summed E-state index contributed by atoms with van der Waals surface area (Å²) >= 11 is 6.00. The van der Waals surface area contributed by atoms with Crippen LogP contribution in [0.25, 0.3) is 0 Å². The van der Waals surface area contributed by atoms with Crippen molar-refractivity contribution in [3.63, 3.8) is 0 Å². The zero-order valence-corrected chi connectivity index (χ0v) is 11.5. The van der Waals surface area contributed by atoms with Gasteiger partial charge in [-0.25, -0.2) is 0 Å². The van der Waals surface area contributed by atoms with Crippen molar-refractivity contribution in [3.05, 3.63) is 34.9 Å². The Kier molecular flexibility index (Phi) is 5.01. The fraction of sp³-hybridized carbons (Fsp3) is 0.571. The van der Waals surface area contributed by atoms with E-state index in [1.54, 1.807) is 0 Å². The molecule has 0 radical (unpaired) electrons. The first-order chi connectivity index (χ1) is 8.74. The first-order valence-corrected chi connectivity index (χ1v) is 6.94. The zero-order valence-electron chi connectivity index (χ0n) is 10.7. The maximum atomic E-state index is 6.00. The standard InChI is InChI=1S/C14H21ClN2O/c1-2-18-14(11-6-7-11)13(17-16)9-10-4-3-5-12(15)8-10/h3-5,8,11,13-14,17H,2,6-7,9,16H2,1H3. The second kappa shape index (κ2) is 6.53. The maximum absolute atomic E-state index is 6.00. The van der Waals surface area contributed by atoms with Gasteiger partial charge in [0.2, 0.25) is 0 Å². The number of halogens is 1. The van der Waals surface area contributed by atoms with Crippen molar-refractivity contribution in [2.24, 2.45) is 11.8 Å². The van der Waals surface area contributed by atoms with Gasteiger partial charge in [-0.05, 0) is 49.8 Å². The van der Waals surface area contributed by atoms with Crippen molar-refractivity contribution in [1.82, 2.24) is 5.43 Å². The Morgan fingerprint density at radius 3 is 2.83 bits per heavy atom. The highest BCUT2D eigenvalue weighted by Crippen LogP contribution is 2.36. The molecule has 0 bridgehead atoms. The monoisotopic (exact) mass is 268 g/mol. The Labute approximate surface area is 114 Å². The Morgan fingerprint density at radius 2 is 2.28 bits per heavy atom. The summed E-state index contributed by atoms with van der Waals surface area (Å²) in [6.45, 7) is 2.76. The normalized spacial score (nSPS) is 18.6. The third-order valence-electron chi connectivity index (χ3n) is 3.40. The molecule has 1 aliphatic rings. The number of nitrogens with two attached hydrogens (primary N) is 1. The number of benzene rings is 1. The molecule has 0 heterocycles. The summed E-state index contributed by atoms with van der Waals surface area (Å²) < 4.78 is 5.85. The lowest BCUT2D eigenvalue weighted by molar-refractivity contribution is 0.0192. The minimum Gasteiger partial charge on any atom is -0.377 e. The van der Waals surface area contributed by atoms with E-state index in [1.807, 2.05) is 25.1 Å². The van der Waals surface area contributed by atoms with Gasteiger partial charge in [-0.1, -0.05) is 23.7 Å². The number of hydrogen-bond acceptors (Lipinski definition) is 3. The molecule has 1 aromatic rings. The molecule has 2 rings (SSSR count). The predicted octanol–water partition coefficient (Wildman–Crippen LogP) is 2.53. The van der Waals surface area contributed by atoms with Crippen LogP contribution in [0.1, 0.15) is 25.3 Å². The van der Waals surface area contributed by atoms with Crippen LogP contribution in [0.2, 0.25) is 5.02 Å². The largest absolute Gasteiger partial charge is 0.377 e. The topological polar surface area (TPSA) is 47.3 Å². The first kappa shape index (κ1) is 13.8. The van der Waals surface area contributed by atoms with Crippen LogP contribution >= 0.6 is 11.6 Å². The fourth-order valence-corrected chi connectivity index (χ4v) is 2.60. The highest BCUT2D eigenvalue weighted by atomic mass is 35.5. The van der Waals surface area contributed by atoms with Crippen molar-refractivity contribution in [1.29, 1.82) is 0 Å². The van der Waals surface area contributed by atoms with Gasteiger partial charge in [-0.3, -0.25) is 11.3 Å². The van der Waals surface area contributed by atoms with Crippen molar-refractivity contribution in [2.45, 2.75) is 38.3 Å². The van der Waals surface area contributed by atoms with Crippen LogP contribution in [-0.4, -0.2) is 18.8 Å². The lowest BCUT2D eigenvalue weighted by Crippen LogP contribution is -2.47. The Bertz CT molecular complexity index is 382. The maximum Gasteiger partial charge on any atom is 0.0772 e. The van der Waals surface area contributed by atoms with Crippen LogP contribution in [0.3, 0.4) is 0 Å². The Balaban J connectivity index is 2.03. The molecule has 3 nitrogen and oxygen atoms in total. The van der Waals surface area contributed by atoms with Gasteiger partial charge in [0.15, 0.2) is 0 Å². The molecule has 0 amide bonds. The Morgan fingerprint density at radius 1 is 1.50 bits per heavy atom. The molecule has 0 spiro atoms. The lowest BCUT2D eigenvalue weighted by atomic mass is 9.99. The molecular weight excluding hydrogens is 248 g/mol. The van der Waals surface area contributed by atoms with Crippen LogP contribution in [-0.2, 0) is 11.2 Å². The van der Waals surface area contributed by atoms with Gasteiger partial charge in [-0.15, -0.1) is 0 Å². The molecule has 0 aliphatic heterocycles. The highest BCUT2D eigenvalue weighted by molar-refractivity contribution is 6.30. The molecule has 1 fully saturated rings. The second-order valence-electron chi connectivity index (χ2n) is 4.86. The minimum atomic E-state index is 0.149. The van der Waals surface area contributed by atoms with Crippen LogP contribution in [0, 0.1) is 5.92 Å². The Hall–Kier alpha value is -0.610. The van der Waals surface area contributed by atoms with Gasteiger partial charge in [0.05, 0.1) is 12.1 Å². The molecule has 1 aromatic carbocycles. The predicted molar refractivity (Wildman–Crippen MR) is 74.4 cm³/mol. The number of hydrogen-bond donors (Lipinski definition) is 2. The van der Waals surface area contributed by atoms with Gasteiger partial charge in [0.25, 0.3) is 0 Å². The molecule has 100 valence electrons. The van der Waals surface area contributed by atoms with Gasteiger partial charge >= 0.3 is 0 Å². The van der Waals surface area contributed by atoms with Crippen LogP contribution < -0.4 is 11.3 Å². The molecular formula is C14H21ClN2O. The third-order valence-corrected chi connectivity index (χ3v) is 3.64. The molecule has 0 saturated heterocycles.